The van der Waals surface area contributed by atoms with Crippen LogP contribution in [0, 0.1) is 0 Å². The van der Waals surface area contributed by atoms with Crippen molar-refractivity contribution in [2.75, 3.05) is 32.8 Å². The van der Waals surface area contributed by atoms with Gasteiger partial charge in [-0.05, 0) is 17.9 Å². The Morgan fingerprint density at radius 1 is 1.35 bits per heavy atom. The third-order valence-corrected chi connectivity index (χ3v) is 3.58. The van der Waals surface area contributed by atoms with Gasteiger partial charge < -0.3 is 4.74 Å². The van der Waals surface area contributed by atoms with E-state index in [4.69, 9.17) is 4.74 Å². The lowest BCUT2D eigenvalue weighted by Crippen LogP contribution is -2.38. The van der Waals surface area contributed by atoms with Crippen molar-refractivity contribution in [2.45, 2.75) is 32.7 Å². The van der Waals surface area contributed by atoms with Crippen LogP contribution < -0.4 is 0 Å². The van der Waals surface area contributed by atoms with Crippen molar-refractivity contribution in [1.82, 2.24) is 14.7 Å². The third kappa shape index (κ3) is 3.54. The molecule has 1 aliphatic heterocycles. The number of nitrogens with zero attached hydrogens (tertiary/aromatic N) is 3. The fraction of sp³-hybridized carbons (Fsp3) is 0.769. The number of aromatic nitrogens is 2. The van der Waals surface area contributed by atoms with E-state index in [0.717, 1.165) is 39.4 Å². The molecule has 0 N–H and O–H groups in total. The van der Waals surface area contributed by atoms with Crippen molar-refractivity contribution in [3.05, 3.63) is 18.0 Å². The monoisotopic (exact) mass is 237 g/mol. The van der Waals surface area contributed by atoms with E-state index in [1.54, 1.807) is 0 Å². The van der Waals surface area contributed by atoms with Crippen LogP contribution in [0.5, 0.6) is 0 Å². The van der Waals surface area contributed by atoms with Gasteiger partial charge in [-0.15, -0.1) is 0 Å². The highest BCUT2D eigenvalue weighted by Crippen LogP contribution is 2.17. The fourth-order valence-corrected chi connectivity index (χ4v) is 2.06. The van der Waals surface area contributed by atoms with E-state index < -0.39 is 0 Å². The highest BCUT2D eigenvalue weighted by atomic mass is 16.5. The Bertz CT molecular complexity index is 331. The van der Waals surface area contributed by atoms with Gasteiger partial charge in [-0.1, -0.05) is 13.8 Å². The van der Waals surface area contributed by atoms with Crippen molar-refractivity contribution >= 4 is 0 Å². The summed E-state index contributed by atoms with van der Waals surface area (Å²) in [6.45, 7) is 10.4. The lowest BCUT2D eigenvalue weighted by molar-refractivity contribution is 0.0359. The van der Waals surface area contributed by atoms with E-state index in [1.165, 1.54) is 12.0 Å². The Hall–Kier alpha value is -0.870. The van der Waals surface area contributed by atoms with Crippen LogP contribution in [0.2, 0.25) is 0 Å². The maximum atomic E-state index is 5.34. The van der Waals surface area contributed by atoms with Crippen molar-refractivity contribution in [2.24, 2.45) is 0 Å². The van der Waals surface area contributed by atoms with Gasteiger partial charge in [-0.3, -0.25) is 9.58 Å². The summed E-state index contributed by atoms with van der Waals surface area (Å²) in [6, 6.07) is 0. The molecular weight excluding hydrogens is 214 g/mol. The maximum Gasteiger partial charge on any atom is 0.0594 e. The second kappa shape index (κ2) is 6.17. The van der Waals surface area contributed by atoms with Gasteiger partial charge in [-0.25, -0.2) is 0 Å². The van der Waals surface area contributed by atoms with Crippen LogP contribution >= 0.6 is 0 Å². The summed E-state index contributed by atoms with van der Waals surface area (Å²) in [5.74, 6) is 0.618. The predicted octanol–water partition coefficient (Wildman–Crippen LogP) is 1.73. The van der Waals surface area contributed by atoms with Crippen LogP contribution in [0.25, 0.3) is 0 Å². The summed E-state index contributed by atoms with van der Waals surface area (Å²) in [6.07, 6.45) is 5.37. The van der Waals surface area contributed by atoms with E-state index in [1.807, 2.05) is 6.20 Å². The van der Waals surface area contributed by atoms with E-state index >= 15 is 0 Å². The van der Waals surface area contributed by atoms with Gasteiger partial charge in [0, 0.05) is 25.8 Å². The zero-order valence-corrected chi connectivity index (χ0v) is 10.9. The Kier molecular flexibility index (Phi) is 4.57. The second-order valence-corrected chi connectivity index (χ2v) is 4.80. The van der Waals surface area contributed by atoms with Gasteiger partial charge >= 0.3 is 0 Å². The van der Waals surface area contributed by atoms with E-state index in [9.17, 15) is 0 Å². The second-order valence-electron chi connectivity index (χ2n) is 4.80. The zero-order chi connectivity index (χ0) is 12.1. The average molecular weight is 237 g/mol. The van der Waals surface area contributed by atoms with Crippen LogP contribution in [-0.2, 0) is 11.3 Å². The minimum Gasteiger partial charge on any atom is -0.379 e. The molecule has 0 bridgehead atoms. The van der Waals surface area contributed by atoms with Gasteiger partial charge in [0.05, 0.1) is 26.0 Å². The van der Waals surface area contributed by atoms with E-state index in [0.29, 0.717) is 5.92 Å². The fourth-order valence-electron chi connectivity index (χ4n) is 2.06. The smallest absolute Gasteiger partial charge is 0.0594 e. The molecule has 0 spiro atoms. The molecule has 4 heteroatoms. The molecule has 17 heavy (non-hydrogen) atoms. The molecule has 96 valence electrons. The average Bonchev–Trinajstić information content (AvgIpc) is 2.85. The van der Waals surface area contributed by atoms with E-state index in [2.05, 4.69) is 34.7 Å². The molecule has 2 rings (SSSR count). The molecule has 1 aliphatic rings. The van der Waals surface area contributed by atoms with Crippen molar-refractivity contribution in [3.63, 3.8) is 0 Å². The molecule has 1 atom stereocenters. The molecular formula is C13H23N3O. The van der Waals surface area contributed by atoms with E-state index in [-0.39, 0.29) is 0 Å². The molecule has 1 aromatic heterocycles. The molecule has 0 aliphatic carbocycles. The molecule has 4 nitrogen and oxygen atoms in total. The van der Waals surface area contributed by atoms with Crippen LogP contribution in [0.1, 0.15) is 31.7 Å². The number of ether oxygens (including phenoxy) is 1. The van der Waals surface area contributed by atoms with Crippen molar-refractivity contribution in [1.29, 1.82) is 0 Å². The minimum absolute atomic E-state index is 0.618. The first-order valence-electron chi connectivity index (χ1n) is 6.62. The Morgan fingerprint density at radius 3 is 2.82 bits per heavy atom. The van der Waals surface area contributed by atoms with Crippen molar-refractivity contribution < 1.29 is 4.74 Å². The minimum atomic E-state index is 0.618. The standard InChI is InChI=1S/C13H23N3O/c1-3-12(2)13-10-14-16(11-13)5-4-15-6-8-17-9-7-15/h10-12H,3-9H2,1-2H3. The Balaban J connectivity index is 1.80. The van der Waals surface area contributed by atoms with Crippen molar-refractivity contribution in [3.8, 4) is 0 Å². The quantitative estimate of drug-likeness (QED) is 0.781. The van der Waals surface area contributed by atoms with Gasteiger partial charge in [0.1, 0.15) is 0 Å². The SMILES string of the molecule is CCC(C)c1cnn(CCN2CCOCC2)c1. The number of hydrogen-bond donors (Lipinski definition) is 0. The first-order chi connectivity index (χ1) is 8.29. The van der Waals surface area contributed by atoms with Gasteiger partial charge in [-0.2, -0.15) is 5.10 Å². The molecule has 0 radical (unpaired) electrons. The lowest BCUT2D eigenvalue weighted by Gasteiger charge is -2.26. The summed E-state index contributed by atoms with van der Waals surface area (Å²) >= 11 is 0. The summed E-state index contributed by atoms with van der Waals surface area (Å²) in [5.41, 5.74) is 1.36. The van der Waals surface area contributed by atoms with Crippen LogP contribution in [0.4, 0.5) is 0 Å². The maximum absolute atomic E-state index is 5.34. The first-order valence-corrected chi connectivity index (χ1v) is 6.62. The van der Waals surface area contributed by atoms with Gasteiger partial charge in [0.25, 0.3) is 0 Å². The summed E-state index contributed by atoms with van der Waals surface area (Å²) in [4.78, 5) is 2.44. The normalized spacial score (nSPS) is 19.4. The largest absolute Gasteiger partial charge is 0.379 e. The third-order valence-electron chi connectivity index (χ3n) is 3.58. The zero-order valence-electron chi connectivity index (χ0n) is 10.9. The lowest BCUT2D eigenvalue weighted by atomic mass is 10.0. The van der Waals surface area contributed by atoms with Crippen LogP contribution in [0.3, 0.4) is 0 Å². The molecule has 0 amide bonds. The molecule has 0 saturated carbocycles. The molecule has 1 unspecified atom stereocenters. The predicted molar refractivity (Wildman–Crippen MR) is 68.2 cm³/mol. The summed E-state index contributed by atoms with van der Waals surface area (Å²) < 4.78 is 7.40. The van der Waals surface area contributed by atoms with Gasteiger partial charge in [0.15, 0.2) is 0 Å². The van der Waals surface area contributed by atoms with Crippen LogP contribution in [-0.4, -0.2) is 47.5 Å². The molecule has 0 aromatic carbocycles. The highest BCUT2D eigenvalue weighted by molar-refractivity contribution is 5.09. The van der Waals surface area contributed by atoms with Crippen LogP contribution in [0.15, 0.2) is 12.4 Å². The first kappa shape index (κ1) is 12.6. The topological polar surface area (TPSA) is 30.3 Å². The highest BCUT2D eigenvalue weighted by Gasteiger charge is 2.10. The summed E-state index contributed by atoms with van der Waals surface area (Å²) in [7, 11) is 0. The number of morpholine rings is 1. The molecule has 1 aromatic rings. The van der Waals surface area contributed by atoms with Gasteiger partial charge in [0.2, 0.25) is 0 Å². The number of hydrogen-bond acceptors (Lipinski definition) is 3. The molecule has 1 fully saturated rings. The Labute approximate surface area is 104 Å². The molecule has 2 heterocycles. The Morgan fingerprint density at radius 2 is 2.12 bits per heavy atom. The summed E-state index contributed by atoms with van der Waals surface area (Å²) in [5, 5.41) is 4.43. The number of rotatable bonds is 5. The molecule has 1 saturated heterocycles.